The number of benzene rings is 1. The van der Waals surface area contributed by atoms with Gasteiger partial charge in [-0.1, -0.05) is 45.7 Å². The van der Waals surface area contributed by atoms with Crippen LogP contribution in [0.5, 0.6) is 0 Å². The third-order valence-electron chi connectivity index (χ3n) is 3.10. The van der Waals surface area contributed by atoms with E-state index in [0.717, 1.165) is 23.4 Å². The van der Waals surface area contributed by atoms with E-state index >= 15 is 0 Å². The number of hydrogen-bond acceptors (Lipinski definition) is 1. The third kappa shape index (κ3) is 2.99. The van der Waals surface area contributed by atoms with Gasteiger partial charge in [0, 0.05) is 17.0 Å². The topological polar surface area (TPSA) is 9.23 Å². The zero-order valence-corrected chi connectivity index (χ0v) is 11.5. The van der Waals surface area contributed by atoms with Gasteiger partial charge in [-0.15, -0.1) is 0 Å². The lowest BCUT2D eigenvalue weighted by Crippen LogP contribution is -2.13. The fraction of sp³-hybridized carbons (Fsp3) is 0.538. The molecule has 1 fully saturated rings. The molecular formula is C13H16BrClO. The average molecular weight is 304 g/mol. The summed E-state index contributed by atoms with van der Waals surface area (Å²) in [6.07, 6.45) is 3.87. The van der Waals surface area contributed by atoms with Gasteiger partial charge in [-0.2, -0.15) is 0 Å². The molecule has 0 aromatic heterocycles. The highest BCUT2D eigenvalue weighted by Gasteiger charge is 2.22. The van der Waals surface area contributed by atoms with Crippen LogP contribution in [0.2, 0.25) is 5.02 Å². The Balaban J connectivity index is 2.06. The molecule has 16 heavy (non-hydrogen) atoms. The van der Waals surface area contributed by atoms with Crippen molar-refractivity contribution in [2.75, 3.05) is 11.9 Å². The summed E-state index contributed by atoms with van der Waals surface area (Å²) in [5.41, 5.74) is 1.23. The molecule has 1 aromatic rings. The molecule has 0 saturated carbocycles. The highest BCUT2D eigenvalue weighted by molar-refractivity contribution is 9.09. The number of halogens is 2. The molecule has 0 spiro atoms. The zero-order valence-electron chi connectivity index (χ0n) is 9.16. The standard InChI is InChI=1S/C13H16BrClO/c14-9-10(8-11-4-3-7-16-11)12-5-1-2-6-13(12)15/h1-2,5-6,10-11H,3-4,7-9H2. The molecule has 0 bridgehead atoms. The predicted octanol–water partition coefficient (Wildman–Crippen LogP) is 4.39. The van der Waals surface area contributed by atoms with E-state index in [2.05, 4.69) is 22.0 Å². The maximum atomic E-state index is 6.22. The van der Waals surface area contributed by atoms with Gasteiger partial charge < -0.3 is 4.74 Å². The molecule has 2 rings (SSSR count). The van der Waals surface area contributed by atoms with E-state index in [9.17, 15) is 0 Å². The molecule has 1 aliphatic rings. The van der Waals surface area contributed by atoms with E-state index in [1.54, 1.807) is 0 Å². The van der Waals surface area contributed by atoms with E-state index in [1.807, 2.05) is 18.2 Å². The van der Waals surface area contributed by atoms with Crippen LogP contribution in [0.1, 0.15) is 30.7 Å². The number of hydrogen-bond donors (Lipinski definition) is 0. The molecule has 1 heterocycles. The Morgan fingerprint density at radius 2 is 2.25 bits per heavy atom. The smallest absolute Gasteiger partial charge is 0.0582 e. The minimum atomic E-state index is 0.416. The van der Waals surface area contributed by atoms with Crippen molar-refractivity contribution in [2.24, 2.45) is 0 Å². The van der Waals surface area contributed by atoms with E-state index < -0.39 is 0 Å². The van der Waals surface area contributed by atoms with E-state index in [-0.39, 0.29) is 0 Å². The van der Waals surface area contributed by atoms with E-state index in [4.69, 9.17) is 16.3 Å². The molecule has 88 valence electrons. The molecule has 1 aromatic carbocycles. The fourth-order valence-corrected chi connectivity index (χ4v) is 3.13. The maximum absolute atomic E-state index is 6.22. The van der Waals surface area contributed by atoms with Gasteiger partial charge in [-0.3, -0.25) is 0 Å². The minimum absolute atomic E-state index is 0.416. The lowest BCUT2D eigenvalue weighted by Gasteiger charge is -2.19. The van der Waals surface area contributed by atoms with Crippen molar-refractivity contribution >= 4 is 27.5 Å². The van der Waals surface area contributed by atoms with Gasteiger partial charge in [0.1, 0.15) is 0 Å². The largest absolute Gasteiger partial charge is 0.378 e. The first-order valence-corrected chi connectivity index (χ1v) is 7.23. The SMILES string of the molecule is Clc1ccccc1C(CBr)CC1CCCO1. The summed E-state index contributed by atoms with van der Waals surface area (Å²) in [4.78, 5) is 0. The van der Waals surface area contributed by atoms with Crippen LogP contribution in [0, 0.1) is 0 Å². The number of ether oxygens (including phenoxy) is 1. The van der Waals surface area contributed by atoms with Crippen LogP contribution in [0.25, 0.3) is 0 Å². The van der Waals surface area contributed by atoms with Crippen LogP contribution in [0.15, 0.2) is 24.3 Å². The lowest BCUT2D eigenvalue weighted by atomic mass is 9.94. The van der Waals surface area contributed by atoms with Gasteiger partial charge in [0.25, 0.3) is 0 Å². The Morgan fingerprint density at radius 1 is 1.44 bits per heavy atom. The Morgan fingerprint density at radius 3 is 2.88 bits per heavy atom. The molecule has 3 heteroatoms. The van der Waals surface area contributed by atoms with Crippen molar-refractivity contribution in [2.45, 2.75) is 31.3 Å². The highest BCUT2D eigenvalue weighted by atomic mass is 79.9. The van der Waals surface area contributed by atoms with Crippen molar-refractivity contribution in [1.82, 2.24) is 0 Å². The van der Waals surface area contributed by atoms with Crippen LogP contribution in [-0.4, -0.2) is 18.0 Å². The summed E-state index contributed by atoms with van der Waals surface area (Å²) < 4.78 is 5.68. The first-order valence-electron chi connectivity index (χ1n) is 5.73. The van der Waals surface area contributed by atoms with Crippen molar-refractivity contribution in [3.8, 4) is 0 Å². The third-order valence-corrected chi connectivity index (χ3v) is 4.23. The zero-order chi connectivity index (χ0) is 11.4. The molecule has 0 amide bonds. The Kier molecular flexibility index (Phi) is 4.68. The molecule has 1 saturated heterocycles. The Bertz CT molecular complexity index is 336. The van der Waals surface area contributed by atoms with Crippen LogP contribution in [-0.2, 0) is 4.74 Å². The van der Waals surface area contributed by atoms with E-state index in [0.29, 0.717) is 12.0 Å². The summed E-state index contributed by atoms with van der Waals surface area (Å²) in [5.74, 6) is 0.455. The molecule has 1 nitrogen and oxygen atoms in total. The van der Waals surface area contributed by atoms with Crippen LogP contribution in [0.4, 0.5) is 0 Å². The average Bonchev–Trinajstić information content (AvgIpc) is 2.80. The van der Waals surface area contributed by atoms with Crippen LogP contribution >= 0.6 is 27.5 Å². The lowest BCUT2D eigenvalue weighted by molar-refractivity contribution is 0.0997. The van der Waals surface area contributed by atoms with Crippen molar-refractivity contribution in [3.63, 3.8) is 0 Å². The fourth-order valence-electron chi connectivity index (χ4n) is 2.23. The molecular weight excluding hydrogens is 287 g/mol. The summed E-state index contributed by atoms with van der Waals surface area (Å²) in [6, 6.07) is 8.10. The second-order valence-corrected chi connectivity index (χ2v) is 5.30. The first-order chi connectivity index (χ1) is 7.81. The van der Waals surface area contributed by atoms with Crippen molar-refractivity contribution in [1.29, 1.82) is 0 Å². The highest BCUT2D eigenvalue weighted by Crippen LogP contribution is 2.32. The van der Waals surface area contributed by atoms with Gasteiger partial charge in [0.05, 0.1) is 6.10 Å². The monoisotopic (exact) mass is 302 g/mol. The molecule has 0 aliphatic carbocycles. The Labute approximate surface area is 110 Å². The second-order valence-electron chi connectivity index (χ2n) is 4.24. The first kappa shape index (κ1) is 12.4. The Hall–Kier alpha value is -0.0500. The molecule has 1 aliphatic heterocycles. The van der Waals surface area contributed by atoms with E-state index in [1.165, 1.54) is 18.4 Å². The maximum Gasteiger partial charge on any atom is 0.0582 e. The summed E-state index contributed by atoms with van der Waals surface area (Å²) in [6.45, 7) is 0.919. The molecule has 2 atom stereocenters. The van der Waals surface area contributed by atoms with Crippen molar-refractivity contribution < 1.29 is 4.74 Å². The number of alkyl halides is 1. The van der Waals surface area contributed by atoms with Gasteiger partial charge in [-0.05, 0) is 36.8 Å². The summed E-state index contributed by atoms with van der Waals surface area (Å²) in [7, 11) is 0. The minimum Gasteiger partial charge on any atom is -0.378 e. The van der Waals surface area contributed by atoms with Crippen molar-refractivity contribution in [3.05, 3.63) is 34.9 Å². The summed E-state index contributed by atoms with van der Waals surface area (Å²) >= 11 is 9.80. The molecule has 0 radical (unpaired) electrons. The van der Waals surface area contributed by atoms with Gasteiger partial charge in [-0.25, -0.2) is 0 Å². The number of rotatable bonds is 4. The van der Waals surface area contributed by atoms with Crippen LogP contribution in [0.3, 0.4) is 0 Å². The van der Waals surface area contributed by atoms with Crippen LogP contribution < -0.4 is 0 Å². The quantitative estimate of drug-likeness (QED) is 0.750. The van der Waals surface area contributed by atoms with Gasteiger partial charge >= 0.3 is 0 Å². The summed E-state index contributed by atoms with van der Waals surface area (Å²) in [5, 5.41) is 1.81. The molecule has 2 unspecified atom stereocenters. The predicted molar refractivity (Wildman–Crippen MR) is 71.6 cm³/mol. The second kappa shape index (κ2) is 6.04. The normalized spacial score (nSPS) is 22.2. The van der Waals surface area contributed by atoms with Gasteiger partial charge in [0.15, 0.2) is 0 Å². The van der Waals surface area contributed by atoms with Gasteiger partial charge in [0.2, 0.25) is 0 Å². The molecule has 0 N–H and O–H groups in total.